The number of rotatable bonds is 16. The lowest BCUT2D eigenvalue weighted by molar-refractivity contribution is -0.120. The summed E-state index contributed by atoms with van der Waals surface area (Å²) in [6.45, 7) is 6.02. The van der Waals surface area contributed by atoms with Crippen molar-refractivity contribution in [3.63, 3.8) is 0 Å². The molecule has 0 aromatic heterocycles. The number of carbonyl (C=O) groups is 1. The van der Waals surface area contributed by atoms with Gasteiger partial charge in [-0.2, -0.15) is 0 Å². The van der Waals surface area contributed by atoms with Crippen LogP contribution >= 0.6 is 0 Å². The van der Waals surface area contributed by atoms with Crippen LogP contribution in [0.25, 0.3) is 0 Å². The Bertz CT molecular complexity index is 222. The summed E-state index contributed by atoms with van der Waals surface area (Å²) in [7, 11) is 0. The van der Waals surface area contributed by atoms with E-state index in [1.165, 1.54) is 77.0 Å². The van der Waals surface area contributed by atoms with Gasteiger partial charge in [0.15, 0.2) is 0 Å². The van der Waals surface area contributed by atoms with Gasteiger partial charge in [-0.1, -0.05) is 90.9 Å². The van der Waals surface area contributed by atoms with Crippen LogP contribution in [0.4, 0.5) is 0 Å². The molecule has 1 radical (unpaired) electrons. The lowest BCUT2D eigenvalue weighted by atomic mass is 9.98. The zero-order valence-electron chi connectivity index (χ0n) is 15.0. The lowest BCUT2D eigenvalue weighted by Crippen LogP contribution is -2.05. The maximum absolute atomic E-state index is 11.1. The van der Waals surface area contributed by atoms with E-state index in [9.17, 15) is 4.79 Å². The van der Waals surface area contributed by atoms with E-state index in [1.807, 2.05) is 6.92 Å². The molecule has 0 fully saturated rings. The molecule has 21 heavy (non-hydrogen) atoms. The highest BCUT2D eigenvalue weighted by Crippen LogP contribution is 2.14. The molecule has 0 bridgehead atoms. The fraction of sp³-hybridized carbons (Fsp3) is 0.900. The minimum atomic E-state index is 0.249. The summed E-state index contributed by atoms with van der Waals surface area (Å²) >= 11 is 0. The van der Waals surface area contributed by atoms with Crippen LogP contribution in [-0.4, -0.2) is 5.78 Å². The third kappa shape index (κ3) is 15.9. The van der Waals surface area contributed by atoms with Crippen molar-refractivity contribution in [3.8, 4) is 0 Å². The first-order valence-electron chi connectivity index (χ1n) is 9.50. The van der Waals surface area contributed by atoms with Gasteiger partial charge in [0.1, 0.15) is 5.78 Å². The van der Waals surface area contributed by atoms with Crippen molar-refractivity contribution in [2.75, 3.05) is 0 Å². The van der Waals surface area contributed by atoms with Gasteiger partial charge < -0.3 is 0 Å². The Morgan fingerprint density at radius 1 is 0.810 bits per heavy atom. The van der Waals surface area contributed by atoms with Crippen molar-refractivity contribution >= 4 is 5.78 Å². The third-order valence-corrected chi connectivity index (χ3v) is 4.51. The first-order valence-corrected chi connectivity index (χ1v) is 9.50. The molecule has 0 aromatic rings. The minimum Gasteiger partial charge on any atom is -0.300 e. The van der Waals surface area contributed by atoms with Crippen molar-refractivity contribution in [3.05, 3.63) is 6.42 Å². The molecule has 0 aliphatic rings. The van der Waals surface area contributed by atoms with E-state index in [4.69, 9.17) is 0 Å². The van der Waals surface area contributed by atoms with Crippen LogP contribution in [0.3, 0.4) is 0 Å². The van der Waals surface area contributed by atoms with Crippen molar-refractivity contribution in [1.82, 2.24) is 0 Å². The van der Waals surface area contributed by atoms with Gasteiger partial charge in [-0.3, -0.25) is 4.79 Å². The zero-order chi connectivity index (χ0) is 15.8. The van der Waals surface area contributed by atoms with Crippen molar-refractivity contribution in [2.24, 2.45) is 5.92 Å². The van der Waals surface area contributed by atoms with E-state index in [1.54, 1.807) is 6.92 Å². The van der Waals surface area contributed by atoms with E-state index in [2.05, 4.69) is 13.3 Å². The predicted octanol–water partition coefficient (Wildman–Crippen LogP) is 6.90. The molecule has 0 amide bonds. The number of Topliss-reactive ketones (excluding diaryl/α,β-unsaturated/α-hetero) is 1. The Kier molecular flexibility index (Phi) is 15.8. The SMILES string of the molecule is CCCCCCCCCCCCC[CH]CCC(C)C(C)=O. The molecule has 0 saturated carbocycles. The Balaban J connectivity index is 3.04. The molecule has 0 N–H and O–H groups in total. The second-order valence-corrected chi connectivity index (χ2v) is 6.70. The summed E-state index contributed by atoms with van der Waals surface area (Å²) in [4.78, 5) is 11.1. The number of unbranched alkanes of at least 4 members (excludes halogenated alkanes) is 13. The maximum atomic E-state index is 11.1. The number of carbonyl (C=O) groups excluding carboxylic acids is 1. The van der Waals surface area contributed by atoms with Crippen LogP contribution < -0.4 is 0 Å². The highest BCUT2D eigenvalue weighted by atomic mass is 16.1. The van der Waals surface area contributed by atoms with Crippen LogP contribution in [-0.2, 0) is 4.79 Å². The molecule has 0 heterocycles. The van der Waals surface area contributed by atoms with Crippen LogP contribution in [0, 0.1) is 12.3 Å². The Morgan fingerprint density at radius 3 is 1.76 bits per heavy atom. The number of hydrogen-bond donors (Lipinski definition) is 0. The Hall–Kier alpha value is -0.330. The van der Waals surface area contributed by atoms with Gasteiger partial charge in [-0.25, -0.2) is 0 Å². The smallest absolute Gasteiger partial charge is 0.132 e. The monoisotopic (exact) mass is 295 g/mol. The second-order valence-electron chi connectivity index (χ2n) is 6.70. The van der Waals surface area contributed by atoms with Gasteiger partial charge in [0, 0.05) is 5.92 Å². The summed E-state index contributed by atoms with van der Waals surface area (Å²) < 4.78 is 0. The van der Waals surface area contributed by atoms with E-state index < -0.39 is 0 Å². The minimum absolute atomic E-state index is 0.249. The standard InChI is InChI=1S/C20H39O/c1-4-5-6-7-8-9-10-11-12-13-14-15-16-17-18-19(2)20(3)21/h16,19H,4-15,17-18H2,1-3H3. The molecule has 1 atom stereocenters. The summed E-state index contributed by atoms with van der Waals surface area (Å²) in [6.07, 6.45) is 21.3. The quantitative estimate of drug-likeness (QED) is 0.283. The van der Waals surface area contributed by atoms with Crippen LogP contribution in [0.5, 0.6) is 0 Å². The average molecular weight is 296 g/mol. The molecule has 0 rings (SSSR count). The molecule has 0 aliphatic heterocycles. The fourth-order valence-corrected chi connectivity index (χ4v) is 2.67. The van der Waals surface area contributed by atoms with Gasteiger partial charge in [0.05, 0.1) is 0 Å². The molecule has 0 saturated heterocycles. The fourth-order valence-electron chi connectivity index (χ4n) is 2.67. The van der Waals surface area contributed by atoms with Crippen LogP contribution in [0.15, 0.2) is 0 Å². The predicted molar refractivity (Wildman–Crippen MR) is 94.5 cm³/mol. The zero-order valence-corrected chi connectivity index (χ0v) is 15.0. The molecule has 0 spiro atoms. The first-order chi connectivity index (χ1) is 10.2. The van der Waals surface area contributed by atoms with Gasteiger partial charge in [-0.15, -0.1) is 0 Å². The van der Waals surface area contributed by atoms with Crippen molar-refractivity contribution in [2.45, 2.75) is 111 Å². The Morgan fingerprint density at radius 2 is 1.29 bits per heavy atom. The second kappa shape index (κ2) is 16.0. The van der Waals surface area contributed by atoms with Crippen molar-refractivity contribution < 1.29 is 4.79 Å². The van der Waals surface area contributed by atoms with E-state index in [0.29, 0.717) is 5.78 Å². The topological polar surface area (TPSA) is 17.1 Å². The lowest BCUT2D eigenvalue weighted by Gasteiger charge is -2.06. The molecule has 125 valence electrons. The highest BCUT2D eigenvalue weighted by molar-refractivity contribution is 5.77. The average Bonchev–Trinajstić information content (AvgIpc) is 2.47. The number of hydrogen-bond acceptors (Lipinski definition) is 1. The third-order valence-electron chi connectivity index (χ3n) is 4.51. The molecule has 0 aromatic carbocycles. The summed E-state index contributed by atoms with van der Waals surface area (Å²) in [6, 6.07) is 0. The maximum Gasteiger partial charge on any atom is 0.132 e. The van der Waals surface area contributed by atoms with Gasteiger partial charge in [-0.05, 0) is 26.2 Å². The molecule has 1 nitrogen and oxygen atoms in total. The number of ketones is 1. The van der Waals surface area contributed by atoms with Crippen LogP contribution in [0.2, 0.25) is 0 Å². The molecular weight excluding hydrogens is 256 g/mol. The molecule has 0 aliphatic carbocycles. The van der Waals surface area contributed by atoms with Crippen molar-refractivity contribution in [1.29, 1.82) is 0 Å². The molecular formula is C20H39O. The van der Waals surface area contributed by atoms with Crippen LogP contribution in [0.1, 0.15) is 111 Å². The van der Waals surface area contributed by atoms with E-state index in [-0.39, 0.29) is 5.92 Å². The van der Waals surface area contributed by atoms with Gasteiger partial charge in [0.2, 0.25) is 0 Å². The van der Waals surface area contributed by atoms with Gasteiger partial charge in [0.25, 0.3) is 0 Å². The summed E-state index contributed by atoms with van der Waals surface area (Å²) in [5, 5.41) is 0. The Labute approximate surface area is 134 Å². The van der Waals surface area contributed by atoms with Gasteiger partial charge >= 0.3 is 0 Å². The molecule has 1 unspecified atom stereocenters. The summed E-state index contributed by atoms with van der Waals surface area (Å²) in [5.41, 5.74) is 0. The highest BCUT2D eigenvalue weighted by Gasteiger charge is 2.06. The normalized spacial score (nSPS) is 12.5. The largest absolute Gasteiger partial charge is 0.300 e. The van der Waals surface area contributed by atoms with E-state index >= 15 is 0 Å². The first kappa shape index (κ1) is 20.7. The summed E-state index contributed by atoms with van der Waals surface area (Å²) in [5.74, 6) is 0.580. The molecule has 1 heteroatoms. The van der Waals surface area contributed by atoms with E-state index in [0.717, 1.165) is 12.8 Å².